The number of nitrogens with one attached hydrogen (secondary N) is 1. The van der Waals surface area contributed by atoms with Crippen molar-refractivity contribution in [1.82, 2.24) is 24.4 Å². The molecule has 0 spiro atoms. The lowest BCUT2D eigenvalue weighted by molar-refractivity contribution is -0.132. The molecule has 1 aliphatic rings. The summed E-state index contributed by atoms with van der Waals surface area (Å²) in [5.74, 6) is -0.270. The number of carbonyl (C=O) groups excluding carboxylic acids is 1. The molecule has 1 N–H and O–H groups in total. The quantitative estimate of drug-likeness (QED) is 0.568. The first-order valence-electron chi connectivity index (χ1n) is 9.94. The van der Waals surface area contributed by atoms with Crippen LogP contribution in [-0.4, -0.2) is 43.4 Å². The Kier molecular flexibility index (Phi) is 4.54. The number of benzene rings is 1. The Morgan fingerprint density at radius 3 is 2.83 bits per heavy atom. The SMILES string of the molecule is O=C(Cn1cnc2ccc(F)cc2c1=O)N1CCC(c2c[nH]c3ncccc23)CC1. The number of carbonyl (C=O) groups is 1. The number of amides is 1. The molecule has 5 rings (SSSR count). The van der Waals surface area contributed by atoms with Gasteiger partial charge in [-0.2, -0.15) is 0 Å². The molecule has 0 unspecified atom stereocenters. The number of piperidine rings is 1. The molecule has 1 aliphatic heterocycles. The molecule has 4 heterocycles. The molecular formula is C22H20FN5O2. The maximum absolute atomic E-state index is 13.5. The van der Waals surface area contributed by atoms with E-state index in [0.29, 0.717) is 24.5 Å². The predicted octanol–water partition coefficient (Wildman–Crippen LogP) is 2.82. The predicted molar refractivity (Wildman–Crippen MR) is 111 cm³/mol. The molecule has 152 valence electrons. The minimum absolute atomic E-state index is 0.0973. The zero-order valence-corrected chi connectivity index (χ0v) is 16.2. The highest BCUT2D eigenvalue weighted by atomic mass is 19.1. The summed E-state index contributed by atoms with van der Waals surface area (Å²) < 4.78 is 14.7. The van der Waals surface area contributed by atoms with E-state index in [0.717, 1.165) is 29.9 Å². The zero-order valence-electron chi connectivity index (χ0n) is 16.2. The highest BCUT2D eigenvalue weighted by Crippen LogP contribution is 2.32. The minimum atomic E-state index is -0.500. The van der Waals surface area contributed by atoms with Crippen LogP contribution in [0, 0.1) is 5.82 Å². The van der Waals surface area contributed by atoms with Crippen molar-refractivity contribution in [2.45, 2.75) is 25.3 Å². The van der Waals surface area contributed by atoms with Crippen molar-refractivity contribution in [2.24, 2.45) is 0 Å². The number of halogens is 1. The van der Waals surface area contributed by atoms with Crippen LogP contribution < -0.4 is 5.56 Å². The lowest BCUT2D eigenvalue weighted by atomic mass is 9.89. The topological polar surface area (TPSA) is 83.9 Å². The van der Waals surface area contributed by atoms with Crippen LogP contribution in [0.2, 0.25) is 0 Å². The van der Waals surface area contributed by atoms with Crippen molar-refractivity contribution >= 4 is 27.8 Å². The van der Waals surface area contributed by atoms with E-state index < -0.39 is 11.4 Å². The van der Waals surface area contributed by atoms with E-state index in [-0.39, 0.29) is 17.8 Å². The number of aromatic amines is 1. The van der Waals surface area contributed by atoms with Gasteiger partial charge in [-0.3, -0.25) is 14.2 Å². The Labute approximate surface area is 171 Å². The van der Waals surface area contributed by atoms with E-state index >= 15 is 0 Å². The lowest BCUT2D eigenvalue weighted by Gasteiger charge is -2.32. The molecule has 0 aliphatic carbocycles. The molecule has 7 nitrogen and oxygen atoms in total. The van der Waals surface area contributed by atoms with Gasteiger partial charge in [0.1, 0.15) is 18.0 Å². The Bertz CT molecular complexity index is 1300. The van der Waals surface area contributed by atoms with E-state index in [1.54, 1.807) is 11.1 Å². The van der Waals surface area contributed by atoms with Crippen LogP contribution in [0.15, 0.2) is 53.8 Å². The van der Waals surface area contributed by atoms with Crippen molar-refractivity contribution in [1.29, 1.82) is 0 Å². The summed E-state index contributed by atoms with van der Waals surface area (Å²) in [6.07, 6.45) is 6.83. The molecule has 1 amide bonds. The summed E-state index contributed by atoms with van der Waals surface area (Å²) in [5, 5.41) is 1.31. The Hall–Kier alpha value is -3.55. The van der Waals surface area contributed by atoms with Crippen LogP contribution in [0.25, 0.3) is 21.9 Å². The molecule has 3 aromatic heterocycles. The van der Waals surface area contributed by atoms with Gasteiger partial charge in [0.05, 0.1) is 17.2 Å². The molecule has 0 bridgehead atoms. The Morgan fingerprint density at radius 1 is 1.17 bits per heavy atom. The second kappa shape index (κ2) is 7.37. The Morgan fingerprint density at radius 2 is 2.00 bits per heavy atom. The first kappa shape index (κ1) is 18.5. The van der Waals surface area contributed by atoms with Gasteiger partial charge in [0.15, 0.2) is 0 Å². The van der Waals surface area contributed by atoms with Gasteiger partial charge in [-0.1, -0.05) is 0 Å². The highest BCUT2D eigenvalue weighted by Gasteiger charge is 2.26. The molecule has 1 aromatic carbocycles. The molecule has 8 heteroatoms. The van der Waals surface area contributed by atoms with Crippen molar-refractivity contribution in [3.63, 3.8) is 0 Å². The third-order valence-corrected chi connectivity index (χ3v) is 5.86. The number of aromatic nitrogens is 4. The normalized spacial score (nSPS) is 15.2. The largest absolute Gasteiger partial charge is 0.346 e. The van der Waals surface area contributed by atoms with Crippen LogP contribution in [0.4, 0.5) is 4.39 Å². The fraction of sp³-hybridized carbons (Fsp3) is 0.273. The molecule has 0 atom stereocenters. The van der Waals surface area contributed by atoms with Crippen molar-refractivity contribution in [3.05, 3.63) is 70.8 Å². The van der Waals surface area contributed by atoms with Crippen LogP contribution in [0.3, 0.4) is 0 Å². The van der Waals surface area contributed by atoms with E-state index in [1.165, 1.54) is 28.6 Å². The van der Waals surface area contributed by atoms with Crippen LogP contribution in [-0.2, 0) is 11.3 Å². The number of nitrogens with zero attached hydrogens (tertiary/aromatic N) is 4. The van der Waals surface area contributed by atoms with Gasteiger partial charge in [-0.25, -0.2) is 14.4 Å². The van der Waals surface area contributed by atoms with E-state index in [4.69, 9.17) is 0 Å². The number of pyridine rings is 1. The van der Waals surface area contributed by atoms with Gasteiger partial charge in [0.2, 0.25) is 5.91 Å². The van der Waals surface area contributed by atoms with Gasteiger partial charge in [-0.15, -0.1) is 0 Å². The molecular weight excluding hydrogens is 385 g/mol. The van der Waals surface area contributed by atoms with E-state index in [9.17, 15) is 14.0 Å². The summed E-state index contributed by atoms with van der Waals surface area (Å²) in [6.45, 7) is 1.15. The standard InChI is InChI=1S/C22H20FN5O2/c23-15-3-4-19-17(10-15)22(30)28(13-26-19)12-20(29)27-8-5-14(6-9-27)18-11-25-21-16(18)2-1-7-24-21/h1-4,7,10-11,13-14H,5-6,8-9,12H2,(H,24,25). The lowest BCUT2D eigenvalue weighted by Crippen LogP contribution is -2.41. The van der Waals surface area contributed by atoms with E-state index in [2.05, 4.69) is 21.0 Å². The summed E-state index contributed by atoms with van der Waals surface area (Å²) >= 11 is 0. The molecule has 0 radical (unpaired) electrons. The molecule has 1 fully saturated rings. The van der Waals surface area contributed by atoms with Crippen LogP contribution in [0.5, 0.6) is 0 Å². The molecule has 4 aromatic rings. The molecule has 1 saturated heterocycles. The Balaban J connectivity index is 1.29. The summed E-state index contributed by atoms with van der Waals surface area (Å²) in [5.41, 5.74) is 2.13. The van der Waals surface area contributed by atoms with E-state index in [1.807, 2.05) is 12.3 Å². The fourth-order valence-electron chi connectivity index (χ4n) is 4.24. The minimum Gasteiger partial charge on any atom is -0.346 e. The number of H-pyrrole nitrogens is 1. The maximum atomic E-state index is 13.5. The van der Waals surface area contributed by atoms with Gasteiger partial charge < -0.3 is 9.88 Å². The second-order valence-electron chi connectivity index (χ2n) is 7.64. The third kappa shape index (κ3) is 3.24. The van der Waals surface area contributed by atoms with Crippen molar-refractivity contribution < 1.29 is 9.18 Å². The summed E-state index contributed by atoms with van der Waals surface area (Å²) in [7, 11) is 0. The first-order chi connectivity index (χ1) is 14.6. The monoisotopic (exact) mass is 405 g/mol. The molecule has 0 saturated carbocycles. The van der Waals surface area contributed by atoms with Crippen LogP contribution >= 0.6 is 0 Å². The second-order valence-corrected chi connectivity index (χ2v) is 7.64. The number of hydrogen-bond donors (Lipinski definition) is 1. The summed E-state index contributed by atoms with van der Waals surface area (Å²) in [4.78, 5) is 38.9. The van der Waals surface area contributed by atoms with Gasteiger partial charge >= 0.3 is 0 Å². The smallest absolute Gasteiger partial charge is 0.261 e. The average Bonchev–Trinajstić information content (AvgIpc) is 3.20. The van der Waals surface area contributed by atoms with Crippen LogP contribution in [0.1, 0.15) is 24.3 Å². The number of likely N-dealkylation sites (tertiary alicyclic amines) is 1. The zero-order chi connectivity index (χ0) is 20.7. The number of hydrogen-bond acceptors (Lipinski definition) is 4. The summed E-state index contributed by atoms with van der Waals surface area (Å²) in [6, 6.07) is 7.88. The average molecular weight is 405 g/mol. The number of fused-ring (bicyclic) bond motifs is 2. The van der Waals surface area contributed by atoms with Crippen molar-refractivity contribution in [2.75, 3.05) is 13.1 Å². The van der Waals surface area contributed by atoms with Gasteiger partial charge in [0.25, 0.3) is 5.56 Å². The van der Waals surface area contributed by atoms with Crippen molar-refractivity contribution in [3.8, 4) is 0 Å². The van der Waals surface area contributed by atoms with Gasteiger partial charge in [-0.05, 0) is 54.7 Å². The maximum Gasteiger partial charge on any atom is 0.261 e. The fourth-order valence-corrected chi connectivity index (χ4v) is 4.24. The van der Waals surface area contributed by atoms with Gasteiger partial charge in [0, 0.05) is 30.9 Å². The third-order valence-electron chi connectivity index (χ3n) is 5.86. The molecule has 30 heavy (non-hydrogen) atoms. The first-order valence-corrected chi connectivity index (χ1v) is 9.94. The highest BCUT2D eigenvalue weighted by molar-refractivity contribution is 5.81. The number of rotatable bonds is 3.